The van der Waals surface area contributed by atoms with E-state index in [1.165, 1.54) is 4.80 Å². The van der Waals surface area contributed by atoms with E-state index in [1.807, 2.05) is 19.1 Å². The maximum Gasteiger partial charge on any atom is 0.212 e. The van der Waals surface area contributed by atoms with Gasteiger partial charge in [-0.1, -0.05) is 25.1 Å². The SMILES string of the molecule is CCCNCc1cccc(C)c1OCc1nnn(C)n1. The molecule has 0 spiro atoms. The van der Waals surface area contributed by atoms with Gasteiger partial charge in [0.25, 0.3) is 0 Å². The summed E-state index contributed by atoms with van der Waals surface area (Å²) in [5, 5.41) is 15.2. The molecule has 0 fully saturated rings. The number of nitrogens with zero attached hydrogens (tertiary/aromatic N) is 4. The van der Waals surface area contributed by atoms with Crippen LogP contribution in [0.2, 0.25) is 0 Å². The van der Waals surface area contributed by atoms with Crippen LogP contribution >= 0.6 is 0 Å². The molecule has 0 aliphatic heterocycles. The van der Waals surface area contributed by atoms with Crippen molar-refractivity contribution in [3.05, 3.63) is 35.2 Å². The summed E-state index contributed by atoms with van der Waals surface area (Å²) in [6.07, 6.45) is 1.12. The predicted octanol–water partition coefficient (Wildman–Crippen LogP) is 1.60. The Kier molecular flexibility index (Phi) is 5.06. The predicted molar refractivity (Wildman–Crippen MR) is 76.3 cm³/mol. The van der Waals surface area contributed by atoms with Crippen molar-refractivity contribution < 1.29 is 4.74 Å². The van der Waals surface area contributed by atoms with Crippen LogP contribution < -0.4 is 10.1 Å². The summed E-state index contributed by atoms with van der Waals surface area (Å²) < 4.78 is 5.88. The Morgan fingerprint density at radius 3 is 2.90 bits per heavy atom. The molecule has 0 amide bonds. The average molecular weight is 275 g/mol. The lowest BCUT2D eigenvalue weighted by Crippen LogP contribution is -2.15. The second kappa shape index (κ2) is 7.00. The Hall–Kier alpha value is -1.95. The number of tetrazole rings is 1. The van der Waals surface area contributed by atoms with Crippen molar-refractivity contribution in [3.8, 4) is 5.75 Å². The minimum absolute atomic E-state index is 0.333. The maximum atomic E-state index is 5.88. The molecule has 1 heterocycles. The highest BCUT2D eigenvalue weighted by molar-refractivity contribution is 5.40. The summed E-state index contributed by atoms with van der Waals surface area (Å²) in [7, 11) is 1.74. The molecule has 1 N–H and O–H groups in total. The number of hydrogen-bond acceptors (Lipinski definition) is 5. The van der Waals surface area contributed by atoms with Gasteiger partial charge in [0.2, 0.25) is 5.82 Å². The lowest BCUT2D eigenvalue weighted by molar-refractivity contribution is 0.289. The fourth-order valence-corrected chi connectivity index (χ4v) is 1.98. The van der Waals surface area contributed by atoms with Crippen molar-refractivity contribution in [2.75, 3.05) is 6.54 Å². The van der Waals surface area contributed by atoms with Gasteiger partial charge in [0.05, 0.1) is 7.05 Å². The number of aromatic nitrogens is 4. The van der Waals surface area contributed by atoms with Gasteiger partial charge in [-0.2, -0.15) is 4.80 Å². The zero-order valence-corrected chi connectivity index (χ0v) is 12.3. The van der Waals surface area contributed by atoms with E-state index in [4.69, 9.17) is 4.74 Å². The van der Waals surface area contributed by atoms with Gasteiger partial charge in [-0.05, 0) is 30.7 Å². The average Bonchev–Trinajstić information content (AvgIpc) is 2.84. The van der Waals surface area contributed by atoms with E-state index in [0.717, 1.165) is 36.4 Å². The van der Waals surface area contributed by atoms with Crippen LogP contribution in [0.25, 0.3) is 0 Å². The topological polar surface area (TPSA) is 64.9 Å². The highest BCUT2D eigenvalue weighted by atomic mass is 16.5. The second-order valence-corrected chi connectivity index (χ2v) is 4.72. The molecule has 20 heavy (non-hydrogen) atoms. The Morgan fingerprint density at radius 1 is 1.35 bits per heavy atom. The number of hydrogen-bond donors (Lipinski definition) is 1. The lowest BCUT2D eigenvalue weighted by atomic mass is 10.1. The highest BCUT2D eigenvalue weighted by Gasteiger charge is 2.09. The van der Waals surface area contributed by atoms with E-state index in [9.17, 15) is 0 Å². The molecule has 6 heteroatoms. The second-order valence-electron chi connectivity index (χ2n) is 4.72. The standard InChI is InChI=1S/C14H21N5O/c1-4-8-15-9-12-7-5-6-11(2)14(12)20-10-13-16-18-19(3)17-13/h5-7,15H,4,8-10H2,1-3H3. The summed E-state index contributed by atoms with van der Waals surface area (Å²) in [5.41, 5.74) is 2.27. The van der Waals surface area contributed by atoms with Crippen LogP contribution in [0, 0.1) is 6.92 Å². The van der Waals surface area contributed by atoms with Gasteiger partial charge in [-0.25, -0.2) is 0 Å². The first-order valence-electron chi connectivity index (χ1n) is 6.85. The zero-order chi connectivity index (χ0) is 14.4. The molecule has 0 atom stereocenters. The smallest absolute Gasteiger partial charge is 0.212 e. The minimum atomic E-state index is 0.333. The Bertz CT molecular complexity index is 552. The monoisotopic (exact) mass is 275 g/mol. The van der Waals surface area contributed by atoms with Crippen LogP contribution in [0.3, 0.4) is 0 Å². The van der Waals surface area contributed by atoms with Crippen LogP contribution in [-0.2, 0) is 20.2 Å². The zero-order valence-electron chi connectivity index (χ0n) is 12.3. The van der Waals surface area contributed by atoms with E-state index in [2.05, 4.69) is 33.7 Å². The number of benzene rings is 1. The number of rotatable bonds is 7. The molecule has 0 radical (unpaired) electrons. The van der Waals surface area contributed by atoms with Gasteiger partial charge in [-0.15, -0.1) is 10.2 Å². The molecule has 0 unspecified atom stereocenters. The Labute approximate surface area is 119 Å². The fourth-order valence-electron chi connectivity index (χ4n) is 1.98. The molecule has 6 nitrogen and oxygen atoms in total. The molecular formula is C14H21N5O. The van der Waals surface area contributed by atoms with E-state index in [1.54, 1.807) is 7.05 Å². The largest absolute Gasteiger partial charge is 0.485 e. The molecule has 1 aromatic carbocycles. The molecule has 2 aromatic rings. The van der Waals surface area contributed by atoms with Gasteiger partial charge in [0.1, 0.15) is 5.75 Å². The number of aryl methyl sites for hydroxylation is 2. The van der Waals surface area contributed by atoms with Crippen LogP contribution in [0.4, 0.5) is 0 Å². The molecule has 108 valence electrons. The van der Waals surface area contributed by atoms with Gasteiger partial charge >= 0.3 is 0 Å². The minimum Gasteiger partial charge on any atom is -0.485 e. The van der Waals surface area contributed by atoms with Crippen LogP contribution in [0.5, 0.6) is 5.75 Å². The third-order valence-electron chi connectivity index (χ3n) is 2.93. The quantitative estimate of drug-likeness (QED) is 0.777. The van der Waals surface area contributed by atoms with Crippen molar-refractivity contribution in [1.29, 1.82) is 0 Å². The third-order valence-corrected chi connectivity index (χ3v) is 2.93. The third kappa shape index (κ3) is 3.77. The Morgan fingerprint density at radius 2 is 2.20 bits per heavy atom. The van der Waals surface area contributed by atoms with Crippen molar-refractivity contribution in [1.82, 2.24) is 25.5 Å². The van der Waals surface area contributed by atoms with Gasteiger partial charge in [0, 0.05) is 12.1 Å². The number of nitrogens with one attached hydrogen (secondary N) is 1. The first-order valence-corrected chi connectivity index (χ1v) is 6.85. The summed E-state index contributed by atoms with van der Waals surface area (Å²) >= 11 is 0. The summed E-state index contributed by atoms with van der Waals surface area (Å²) in [5.74, 6) is 1.49. The number of ether oxygens (including phenoxy) is 1. The van der Waals surface area contributed by atoms with E-state index in [0.29, 0.717) is 12.4 Å². The lowest BCUT2D eigenvalue weighted by Gasteiger charge is -2.13. The van der Waals surface area contributed by atoms with Crippen LogP contribution in [0.15, 0.2) is 18.2 Å². The van der Waals surface area contributed by atoms with Gasteiger partial charge in [0.15, 0.2) is 6.61 Å². The fraction of sp³-hybridized carbons (Fsp3) is 0.500. The molecule has 0 bridgehead atoms. The van der Waals surface area contributed by atoms with E-state index in [-0.39, 0.29) is 0 Å². The Balaban J connectivity index is 2.04. The van der Waals surface area contributed by atoms with Crippen molar-refractivity contribution in [2.45, 2.75) is 33.4 Å². The molecule has 0 saturated carbocycles. The van der Waals surface area contributed by atoms with Gasteiger partial charge in [-0.3, -0.25) is 0 Å². The maximum absolute atomic E-state index is 5.88. The first-order chi connectivity index (χ1) is 9.70. The van der Waals surface area contributed by atoms with Crippen LogP contribution in [0.1, 0.15) is 30.3 Å². The first kappa shape index (κ1) is 14.5. The molecule has 1 aromatic heterocycles. The van der Waals surface area contributed by atoms with Crippen molar-refractivity contribution in [3.63, 3.8) is 0 Å². The highest BCUT2D eigenvalue weighted by Crippen LogP contribution is 2.24. The van der Waals surface area contributed by atoms with E-state index < -0.39 is 0 Å². The molecule has 0 aliphatic carbocycles. The molecule has 0 aliphatic rings. The normalized spacial score (nSPS) is 10.8. The van der Waals surface area contributed by atoms with E-state index >= 15 is 0 Å². The summed E-state index contributed by atoms with van der Waals surface area (Å²) in [6.45, 7) is 6.33. The van der Waals surface area contributed by atoms with Gasteiger partial charge < -0.3 is 10.1 Å². The van der Waals surface area contributed by atoms with Crippen molar-refractivity contribution in [2.24, 2.45) is 7.05 Å². The summed E-state index contributed by atoms with van der Waals surface area (Å²) in [6, 6.07) is 6.17. The van der Waals surface area contributed by atoms with Crippen LogP contribution in [-0.4, -0.2) is 26.8 Å². The number of para-hydroxylation sites is 1. The molecule has 2 rings (SSSR count). The molecule has 0 saturated heterocycles. The van der Waals surface area contributed by atoms with Crippen molar-refractivity contribution >= 4 is 0 Å². The summed E-state index contributed by atoms with van der Waals surface area (Å²) in [4.78, 5) is 1.43. The molecular weight excluding hydrogens is 254 g/mol.